The van der Waals surface area contributed by atoms with E-state index in [1.54, 1.807) is 0 Å². The van der Waals surface area contributed by atoms with Crippen molar-refractivity contribution < 1.29 is 13.5 Å². The van der Waals surface area contributed by atoms with E-state index >= 15 is 0 Å². The van der Waals surface area contributed by atoms with Crippen molar-refractivity contribution in [1.82, 2.24) is 4.98 Å². The first-order chi connectivity index (χ1) is 6.61. The van der Waals surface area contributed by atoms with Gasteiger partial charge < -0.3 is 10.5 Å². The molecule has 78 valence electrons. The van der Waals surface area contributed by atoms with E-state index in [0.717, 1.165) is 6.20 Å². The Hall–Kier alpha value is -0.750. The second kappa shape index (κ2) is 4.65. The molecule has 0 unspecified atom stereocenters. The highest BCUT2D eigenvalue weighted by molar-refractivity contribution is 9.10. The highest BCUT2D eigenvalue weighted by Gasteiger charge is 2.18. The predicted octanol–water partition coefficient (Wildman–Crippen LogP) is 2.25. The zero-order valence-electron chi connectivity index (χ0n) is 7.43. The highest BCUT2D eigenvalue weighted by atomic mass is 79.9. The van der Waals surface area contributed by atoms with E-state index in [4.69, 9.17) is 10.5 Å². The normalized spacial score (nSPS) is 10.7. The van der Waals surface area contributed by atoms with Gasteiger partial charge in [0.2, 0.25) is 0 Å². The van der Waals surface area contributed by atoms with Crippen molar-refractivity contribution in [3.05, 3.63) is 21.9 Å². The van der Waals surface area contributed by atoms with Gasteiger partial charge in [-0.05, 0) is 15.9 Å². The fourth-order valence-electron chi connectivity index (χ4n) is 1.12. The largest absolute Gasteiger partial charge is 0.494 e. The summed E-state index contributed by atoms with van der Waals surface area (Å²) in [6, 6.07) is 0. The molecule has 0 aromatic carbocycles. The number of hydrogen-bond donors (Lipinski definition) is 1. The van der Waals surface area contributed by atoms with Crippen LogP contribution in [0.3, 0.4) is 0 Å². The summed E-state index contributed by atoms with van der Waals surface area (Å²) in [6.45, 7) is -0.00995. The van der Waals surface area contributed by atoms with Crippen molar-refractivity contribution in [2.75, 3.05) is 7.11 Å². The van der Waals surface area contributed by atoms with Gasteiger partial charge in [0.15, 0.2) is 5.75 Å². The van der Waals surface area contributed by atoms with Crippen molar-refractivity contribution in [2.45, 2.75) is 13.0 Å². The number of nitrogens with zero attached hydrogens (tertiary/aromatic N) is 1. The molecule has 0 saturated heterocycles. The van der Waals surface area contributed by atoms with Gasteiger partial charge in [-0.15, -0.1) is 0 Å². The summed E-state index contributed by atoms with van der Waals surface area (Å²) < 4.78 is 30.3. The lowest BCUT2D eigenvalue weighted by molar-refractivity contribution is 0.149. The molecule has 0 radical (unpaired) electrons. The lowest BCUT2D eigenvalue weighted by Gasteiger charge is -2.12. The number of hydrogen-bond acceptors (Lipinski definition) is 3. The molecule has 0 atom stereocenters. The Morgan fingerprint density at radius 1 is 1.64 bits per heavy atom. The number of halogens is 3. The molecular weight excluding hydrogens is 258 g/mol. The number of ether oxygens (including phenoxy) is 1. The minimum Gasteiger partial charge on any atom is -0.494 e. The van der Waals surface area contributed by atoms with Crippen LogP contribution in [0.2, 0.25) is 0 Å². The number of nitrogens with two attached hydrogens (primary N) is 1. The fourth-order valence-corrected chi connectivity index (χ4v) is 1.63. The molecule has 1 heterocycles. The second-order valence-corrected chi connectivity index (χ2v) is 3.27. The molecule has 0 aliphatic carbocycles. The van der Waals surface area contributed by atoms with Crippen LogP contribution in [0, 0.1) is 0 Å². The van der Waals surface area contributed by atoms with Gasteiger partial charge >= 0.3 is 0 Å². The molecule has 0 fully saturated rings. The van der Waals surface area contributed by atoms with Gasteiger partial charge in [-0.2, -0.15) is 0 Å². The molecular formula is C8H9BrF2N2O. The molecule has 1 aromatic rings. The van der Waals surface area contributed by atoms with Gasteiger partial charge in [0.25, 0.3) is 6.43 Å². The first-order valence-corrected chi connectivity index (χ1v) is 4.60. The van der Waals surface area contributed by atoms with Crippen LogP contribution in [0.5, 0.6) is 5.75 Å². The Kier molecular flexibility index (Phi) is 3.77. The third kappa shape index (κ3) is 2.01. The lowest BCUT2D eigenvalue weighted by atomic mass is 10.1. The summed E-state index contributed by atoms with van der Waals surface area (Å²) >= 11 is 3.09. The number of alkyl halides is 2. The molecule has 0 bridgehead atoms. The Labute approximate surface area is 88.4 Å². The highest BCUT2D eigenvalue weighted by Crippen LogP contribution is 2.33. The van der Waals surface area contributed by atoms with Crippen LogP contribution in [-0.4, -0.2) is 12.1 Å². The molecule has 0 aliphatic heterocycles. The molecule has 0 saturated carbocycles. The summed E-state index contributed by atoms with van der Waals surface area (Å²) in [5.41, 5.74) is 5.47. The maximum atomic E-state index is 12.5. The maximum absolute atomic E-state index is 12.5. The third-order valence-electron chi connectivity index (χ3n) is 1.77. The molecule has 3 nitrogen and oxygen atoms in total. The van der Waals surface area contributed by atoms with Gasteiger partial charge in [-0.1, -0.05) is 0 Å². The monoisotopic (exact) mass is 266 g/mol. The van der Waals surface area contributed by atoms with Crippen LogP contribution < -0.4 is 10.5 Å². The fraction of sp³-hybridized carbons (Fsp3) is 0.375. The quantitative estimate of drug-likeness (QED) is 0.854. The van der Waals surface area contributed by atoms with Crippen molar-refractivity contribution in [3.63, 3.8) is 0 Å². The summed E-state index contributed by atoms with van der Waals surface area (Å²) in [7, 11) is 1.39. The van der Waals surface area contributed by atoms with E-state index in [9.17, 15) is 8.78 Å². The molecule has 1 rings (SSSR count). The first-order valence-electron chi connectivity index (χ1n) is 3.81. The minimum absolute atomic E-state index is 0.00995. The Balaban J connectivity index is 3.33. The zero-order chi connectivity index (χ0) is 10.7. The van der Waals surface area contributed by atoms with Crippen LogP contribution >= 0.6 is 15.9 Å². The van der Waals surface area contributed by atoms with Gasteiger partial charge in [-0.25, -0.2) is 13.8 Å². The Morgan fingerprint density at radius 3 is 2.71 bits per heavy atom. The number of methoxy groups -OCH3 is 1. The van der Waals surface area contributed by atoms with Crippen LogP contribution in [0.1, 0.15) is 17.6 Å². The van der Waals surface area contributed by atoms with Crippen LogP contribution in [0.4, 0.5) is 8.78 Å². The topological polar surface area (TPSA) is 48.1 Å². The van der Waals surface area contributed by atoms with E-state index in [1.807, 2.05) is 0 Å². The molecule has 1 aromatic heterocycles. The number of rotatable bonds is 3. The lowest BCUT2D eigenvalue weighted by Crippen LogP contribution is -2.06. The second-order valence-electron chi connectivity index (χ2n) is 2.52. The standard InChI is InChI=1S/C8H9BrF2N2O/c1-14-6-4(2-12)5(8(10)11)3-13-7(6)9/h3,8H,2,12H2,1H3. The van der Waals surface area contributed by atoms with Crippen LogP contribution in [0.15, 0.2) is 10.8 Å². The van der Waals surface area contributed by atoms with Crippen molar-refractivity contribution in [2.24, 2.45) is 5.73 Å². The van der Waals surface area contributed by atoms with Gasteiger partial charge in [0, 0.05) is 23.9 Å². The zero-order valence-corrected chi connectivity index (χ0v) is 9.01. The first kappa shape index (κ1) is 11.3. The van der Waals surface area contributed by atoms with E-state index < -0.39 is 6.43 Å². The molecule has 14 heavy (non-hydrogen) atoms. The Bertz CT molecular complexity index is 333. The van der Waals surface area contributed by atoms with Gasteiger partial charge in [-0.3, -0.25) is 0 Å². The SMILES string of the molecule is COc1c(Br)ncc(C(F)F)c1CN. The molecule has 0 spiro atoms. The van der Waals surface area contributed by atoms with Gasteiger partial charge in [0.1, 0.15) is 4.60 Å². The molecule has 2 N–H and O–H groups in total. The van der Waals surface area contributed by atoms with Crippen LogP contribution in [0.25, 0.3) is 0 Å². The third-order valence-corrected chi connectivity index (χ3v) is 2.34. The molecule has 0 amide bonds. The van der Waals surface area contributed by atoms with E-state index in [0.29, 0.717) is 4.60 Å². The maximum Gasteiger partial charge on any atom is 0.265 e. The predicted molar refractivity (Wildman–Crippen MR) is 51.3 cm³/mol. The van der Waals surface area contributed by atoms with Crippen molar-refractivity contribution in [1.29, 1.82) is 0 Å². The van der Waals surface area contributed by atoms with Crippen molar-refractivity contribution >= 4 is 15.9 Å². The van der Waals surface area contributed by atoms with Crippen molar-refractivity contribution in [3.8, 4) is 5.75 Å². The number of aromatic nitrogens is 1. The van der Waals surface area contributed by atoms with E-state index in [2.05, 4.69) is 20.9 Å². The molecule has 6 heteroatoms. The minimum atomic E-state index is -2.59. The summed E-state index contributed by atoms with van der Waals surface area (Å²) in [5.74, 6) is 0.269. The Morgan fingerprint density at radius 2 is 2.29 bits per heavy atom. The molecule has 0 aliphatic rings. The average molecular weight is 267 g/mol. The van der Waals surface area contributed by atoms with E-state index in [-0.39, 0.29) is 23.4 Å². The van der Waals surface area contributed by atoms with E-state index in [1.165, 1.54) is 7.11 Å². The summed E-state index contributed by atoms with van der Waals surface area (Å²) in [5, 5.41) is 0. The number of pyridine rings is 1. The average Bonchev–Trinajstić information content (AvgIpc) is 2.16. The summed E-state index contributed by atoms with van der Waals surface area (Å²) in [6.07, 6.45) is -1.50. The summed E-state index contributed by atoms with van der Waals surface area (Å²) in [4.78, 5) is 3.74. The smallest absolute Gasteiger partial charge is 0.265 e. The van der Waals surface area contributed by atoms with Gasteiger partial charge in [0.05, 0.1) is 7.11 Å². The van der Waals surface area contributed by atoms with Crippen LogP contribution in [-0.2, 0) is 6.54 Å².